The molecule has 0 spiro atoms. The summed E-state index contributed by atoms with van der Waals surface area (Å²) >= 11 is 0. The maximum Gasteiger partial charge on any atom is 0.220 e. The van der Waals surface area contributed by atoms with Gasteiger partial charge in [-0.25, -0.2) is 0 Å². The molecule has 6 N–H and O–H groups in total. The summed E-state index contributed by atoms with van der Waals surface area (Å²) in [6.45, 7) is 3.65. The molecule has 7 atom stereocenters. The third-order valence-corrected chi connectivity index (χ3v) is 14.3. The molecule has 0 saturated carbocycles. The van der Waals surface area contributed by atoms with Crippen LogP contribution < -0.4 is 5.32 Å². The molecule has 1 saturated heterocycles. The number of amides is 1. The molecular weight excluding hydrogens is 899 g/mol. The van der Waals surface area contributed by atoms with Crippen molar-refractivity contribution in [2.75, 3.05) is 13.2 Å². The summed E-state index contributed by atoms with van der Waals surface area (Å²) in [6.07, 6.45) is 64.8. The lowest BCUT2D eigenvalue weighted by Gasteiger charge is -2.40. The number of hydrogen-bond acceptors (Lipinski definition) is 8. The van der Waals surface area contributed by atoms with E-state index in [2.05, 4.69) is 67.8 Å². The number of aliphatic hydroxyl groups is 5. The van der Waals surface area contributed by atoms with Crippen molar-refractivity contribution >= 4 is 5.91 Å². The average Bonchev–Trinajstić information content (AvgIpc) is 3.38. The fraction of sp³-hybridized carbons (Fsp3) is 0.825. The minimum Gasteiger partial charge on any atom is -0.394 e. The van der Waals surface area contributed by atoms with Gasteiger partial charge < -0.3 is 40.3 Å². The van der Waals surface area contributed by atoms with E-state index in [1.54, 1.807) is 6.08 Å². The van der Waals surface area contributed by atoms with E-state index >= 15 is 0 Å². The lowest BCUT2D eigenvalue weighted by molar-refractivity contribution is -0.302. The van der Waals surface area contributed by atoms with Crippen LogP contribution in [0.4, 0.5) is 0 Å². The van der Waals surface area contributed by atoms with E-state index in [9.17, 15) is 30.3 Å². The Morgan fingerprint density at radius 3 is 1.28 bits per heavy atom. The van der Waals surface area contributed by atoms with Gasteiger partial charge >= 0.3 is 0 Å². The Bertz CT molecular complexity index is 1310. The quantitative estimate of drug-likeness (QED) is 0.0261. The van der Waals surface area contributed by atoms with E-state index in [0.717, 1.165) is 64.2 Å². The van der Waals surface area contributed by atoms with Crippen molar-refractivity contribution in [2.45, 2.75) is 320 Å². The second-order valence-electron chi connectivity index (χ2n) is 21.1. The summed E-state index contributed by atoms with van der Waals surface area (Å²) in [7, 11) is 0. The number of ether oxygens (including phenoxy) is 2. The zero-order valence-electron chi connectivity index (χ0n) is 46.7. The van der Waals surface area contributed by atoms with Crippen LogP contribution in [0.15, 0.2) is 60.8 Å². The molecule has 1 aliphatic heterocycles. The average molecular weight is 1010 g/mol. The van der Waals surface area contributed by atoms with Crippen LogP contribution in [0.5, 0.6) is 0 Å². The Labute approximate surface area is 443 Å². The van der Waals surface area contributed by atoms with Gasteiger partial charge in [0.05, 0.1) is 25.4 Å². The normalized spacial score (nSPS) is 19.6. The zero-order valence-corrected chi connectivity index (χ0v) is 46.7. The van der Waals surface area contributed by atoms with Gasteiger partial charge in [-0.05, 0) is 57.8 Å². The maximum absolute atomic E-state index is 13.0. The topological polar surface area (TPSA) is 149 Å². The number of carbonyl (C=O) groups is 1. The molecule has 9 heteroatoms. The van der Waals surface area contributed by atoms with Crippen molar-refractivity contribution in [3.05, 3.63) is 60.8 Å². The molecule has 0 aromatic carbocycles. The maximum atomic E-state index is 13.0. The molecule has 1 aliphatic rings. The predicted molar refractivity (Wildman–Crippen MR) is 304 cm³/mol. The zero-order chi connectivity index (χ0) is 52.2. The molecule has 1 heterocycles. The van der Waals surface area contributed by atoms with Crippen LogP contribution in [0.1, 0.15) is 277 Å². The molecule has 0 radical (unpaired) electrons. The van der Waals surface area contributed by atoms with Crippen molar-refractivity contribution in [3.63, 3.8) is 0 Å². The predicted octanol–water partition coefficient (Wildman–Crippen LogP) is 15.5. The number of unbranched alkanes of at least 4 members (excludes halogenated alkanes) is 34. The number of allylic oxidation sites excluding steroid dienone is 9. The first-order valence-electron chi connectivity index (χ1n) is 30.5. The van der Waals surface area contributed by atoms with Crippen LogP contribution in [0.25, 0.3) is 0 Å². The number of nitrogens with one attached hydrogen (secondary N) is 1. The van der Waals surface area contributed by atoms with Gasteiger partial charge in [0.1, 0.15) is 24.4 Å². The first-order valence-corrected chi connectivity index (χ1v) is 30.5. The SMILES string of the molecule is CC/C=C\C/C=C\C/C=C\C/C=C\CCCCCCCCCCCCCCCCCCCCCCCCCCCCC(=O)NC(COC1OC(CO)C(O)C(O)C1O)C(O)/C=C/CCCCCCCCCC. The Hall–Kier alpha value is -2.11. The van der Waals surface area contributed by atoms with Crippen LogP contribution in [-0.2, 0) is 14.3 Å². The van der Waals surface area contributed by atoms with Gasteiger partial charge in [-0.3, -0.25) is 4.79 Å². The molecule has 0 bridgehead atoms. The summed E-state index contributed by atoms with van der Waals surface area (Å²) in [5.41, 5.74) is 0. The van der Waals surface area contributed by atoms with Crippen LogP contribution in [0.2, 0.25) is 0 Å². The second kappa shape index (κ2) is 52.3. The smallest absolute Gasteiger partial charge is 0.220 e. The Morgan fingerprint density at radius 1 is 0.486 bits per heavy atom. The molecule has 0 aromatic rings. The Balaban J connectivity index is 2.00. The van der Waals surface area contributed by atoms with Gasteiger partial charge in [0, 0.05) is 6.42 Å². The van der Waals surface area contributed by atoms with E-state index in [-0.39, 0.29) is 12.5 Å². The van der Waals surface area contributed by atoms with Crippen molar-refractivity contribution in [2.24, 2.45) is 0 Å². The van der Waals surface area contributed by atoms with Crippen molar-refractivity contribution < 1.29 is 39.8 Å². The summed E-state index contributed by atoms with van der Waals surface area (Å²) in [4.78, 5) is 13.0. The van der Waals surface area contributed by atoms with Crippen LogP contribution in [-0.4, -0.2) is 87.5 Å². The molecule has 0 aromatic heterocycles. The van der Waals surface area contributed by atoms with E-state index in [1.807, 2.05) is 6.08 Å². The highest BCUT2D eigenvalue weighted by Gasteiger charge is 2.44. The van der Waals surface area contributed by atoms with Crippen LogP contribution in [0, 0.1) is 0 Å². The first-order chi connectivity index (χ1) is 35.3. The third kappa shape index (κ3) is 41.2. The molecule has 420 valence electrons. The Morgan fingerprint density at radius 2 is 0.861 bits per heavy atom. The van der Waals surface area contributed by atoms with Crippen molar-refractivity contribution in [1.29, 1.82) is 0 Å². The molecule has 1 amide bonds. The largest absolute Gasteiger partial charge is 0.394 e. The van der Waals surface area contributed by atoms with E-state index in [4.69, 9.17) is 9.47 Å². The minimum atomic E-state index is -1.56. The minimum absolute atomic E-state index is 0.175. The van der Waals surface area contributed by atoms with Gasteiger partial charge in [0.25, 0.3) is 0 Å². The van der Waals surface area contributed by atoms with E-state index in [0.29, 0.717) is 6.42 Å². The van der Waals surface area contributed by atoms with Gasteiger partial charge in [0.2, 0.25) is 5.91 Å². The van der Waals surface area contributed by atoms with Crippen molar-refractivity contribution in [3.8, 4) is 0 Å². The summed E-state index contributed by atoms with van der Waals surface area (Å²) < 4.78 is 11.2. The molecule has 7 unspecified atom stereocenters. The fourth-order valence-corrected chi connectivity index (χ4v) is 9.56. The number of rotatable bonds is 52. The number of aliphatic hydroxyl groups excluding tert-OH is 5. The molecular formula is C63H115NO8. The van der Waals surface area contributed by atoms with Gasteiger partial charge in [-0.15, -0.1) is 0 Å². The second-order valence-corrected chi connectivity index (χ2v) is 21.1. The van der Waals surface area contributed by atoms with E-state index in [1.165, 1.54) is 193 Å². The lowest BCUT2D eigenvalue weighted by Crippen LogP contribution is -2.60. The van der Waals surface area contributed by atoms with Gasteiger partial charge in [-0.2, -0.15) is 0 Å². The molecule has 1 fully saturated rings. The highest BCUT2D eigenvalue weighted by molar-refractivity contribution is 5.76. The van der Waals surface area contributed by atoms with E-state index < -0.39 is 49.5 Å². The Kier molecular flexibility index (Phi) is 49.4. The number of carbonyl (C=O) groups excluding carboxylic acids is 1. The molecule has 9 nitrogen and oxygen atoms in total. The highest BCUT2D eigenvalue weighted by atomic mass is 16.7. The lowest BCUT2D eigenvalue weighted by atomic mass is 9.99. The van der Waals surface area contributed by atoms with Crippen molar-refractivity contribution in [1.82, 2.24) is 5.32 Å². The molecule has 72 heavy (non-hydrogen) atoms. The molecule has 1 rings (SSSR count). The monoisotopic (exact) mass is 1010 g/mol. The highest BCUT2D eigenvalue weighted by Crippen LogP contribution is 2.23. The summed E-state index contributed by atoms with van der Waals surface area (Å²) in [6, 6.07) is -0.802. The standard InChI is InChI=1S/C63H115NO8/c1-3-5-7-9-11-13-15-16-17-18-19-20-21-22-23-24-25-26-27-28-29-30-31-32-33-34-35-36-37-38-39-40-41-42-43-45-47-49-51-53-59(67)64-56(55-71-63-62(70)61(69)60(68)58(54-65)72-63)57(66)52-50-48-46-44-14-12-10-8-6-4-2/h5,7,11,13,16-17,19-20,50,52,56-58,60-63,65-66,68-70H,3-4,6,8-10,12,14-15,18,21-49,51,53-55H2,1-2H3,(H,64,67)/b7-5-,13-11-,17-16-,20-19-,52-50+. The number of hydrogen-bond donors (Lipinski definition) is 6. The van der Waals surface area contributed by atoms with Gasteiger partial charge in [0.15, 0.2) is 6.29 Å². The van der Waals surface area contributed by atoms with Gasteiger partial charge in [-0.1, -0.05) is 274 Å². The van der Waals surface area contributed by atoms with Crippen LogP contribution in [0.3, 0.4) is 0 Å². The first kappa shape index (κ1) is 67.9. The van der Waals surface area contributed by atoms with Crippen LogP contribution >= 0.6 is 0 Å². The molecule has 0 aliphatic carbocycles. The fourth-order valence-electron chi connectivity index (χ4n) is 9.56. The summed E-state index contributed by atoms with van der Waals surface area (Å²) in [5.74, 6) is -0.175. The summed E-state index contributed by atoms with van der Waals surface area (Å²) in [5, 5.41) is 54.3. The third-order valence-electron chi connectivity index (χ3n) is 14.3.